The summed E-state index contributed by atoms with van der Waals surface area (Å²) in [6.07, 6.45) is 1.19. The molecule has 0 saturated carbocycles. The van der Waals surface area contributed by atoms with Crippen LogP contribution in [0.2, 0.25) is 0 Å². The number of carbonyl (C=O) groups is 2. The number of methoxy groups -OCH3 is 1. The second kappa shape index (κ2) is 5.50. The quantitative estimate of drug-likeness (QED) is 0.471. The Kier molecular flexibility index (Phi) is 4.05. The van der Waals surface area contributed by atoms with Crippen LogP contribution in [0.1, 0.15) is 15.9 Å². The number of carboxylic acids is 1. The average molecular weight is 247 g/mol. The highest BCUT2D eigenvalue weighted by atomic mass is 16.5. The molecule has 2 N–H and O–H groups in total. The van der Waals surface area contributed by atoms with E-state index in [1.54, 1.807) is 6.07 Å². The number of ether oxygens (including phenoxy) is 1. The molecule has 0 atom stereocenters. The third-order valence-corrected chi connectivity index (χ3v) is 2.09. The molecule has 0 aromatic heterocycles. The van der Waals surface area contributed by atoms with Crippen molar-refractivity contribution < 1.29 is 24.5 Å². The van der Waals surface area contributed by atoms with Gasteiger partial charge in [0.25, 0.3) is 0 Å². The summed E-state index contributed by atoms with van der Waals surface area (Å²) in [5.41, 5.74) is -0.192. The van der Waals surface area contributed by atoms with Crippen LogP contribution in [-0.2, 0) is 9.53 Å². The molecule has 1 aromatic carbocycles. The Labute approximate surface area is 102 Å². The second-order valence-corrected chi connectivity index (χ2v) is 3.24. The predicted molar refractivity (Wildman–Crippen MR) is 60.7 cm³/mol. The highest BCUT2D eigenvalue weighted by molar-refractivity contribution is 5.98. The van der Waals surface area contributed by atoms with Crippen LogP contribution < -0.4 is 0 Å². The second-order valence-electron chi connectivity index (χ2n) is 3.24. The van der Waals surface area contributed by atoms with Gasteiger partial charge in [-0.1, -0.05) is 6.07 Å². The fourth-order valence-electron chi connectivity index (χ4n) is 1.23. The molecule has 0 spiro atoms. The van der Waals surface area contributed by atoms with Gasteiger partial charge in [-0.3, -0.25) is 0 Å². The highest BCUT2D eigenvalue weighted by Gasteiger charge is 2.11. The third kappa shape index (κ3) is 2.86. The predicted octanol–water partition coefficient (Wildman–Crippen LogP) is 1.17. The van der Waals surface area contributed by atoms with Gasteiger partial charge in [0, 0.05) is 0 Å². The molecule has 92 valence electrons. The molecule has 1 rings (SSSR count). The SMILES string of the molecule is COC(=O)C(C#N)=Cc1ccc(C(=O)O)c(O)c1. The van der Waals surface area contributed by atoms with Gasteiger partial charge in [0.1, 0.15) is 23.0 Å². The van der Waals surface area contributed by atoms with Crippen LogP contribution in [0.15, 0.2) is 23.8 Å². The molecule has 18 heavy (non-hydrogen) atoms. The largest absolute Gasteiger partial charge is 0.507 e. The van der Waals surface area contributed by atoms with Gasteiger partial charge in [0.15, 0.2) is 0 Å². The van der Waals surface area contributed by atoms with Crippen LogP contribution in [0.4, 0.5) is 0 Å². The van der Waals surface area contributed by atoms with E-state index >= 15 is 0 Å². The van der Waals surface area contributed by atoms with Crippen LogP contribution in [0.25, 0.3) is 6.08 Å². The van der Waals surface area contributed by atoms with E-state index in [-0.39, 0.29) is 11.1 Å². The van der Waals surface area contributed by atoms with Crippen molar-refractivity contribution in [2.75, 3.05) is 7.11 Å². The summed E-state index contributed by atoms with van der Waals surface area (Å²) in [6, 6.07) is 5.33. The van der Waals surface area contributed by atoms with Gasteiger partial charge < -0.3 is 14.9 Å². The molecule has 0 aliphatic rings. The maximum absolute atomic E-state index is 11.1. The molecule has 0 aliphatic carbocycles. The van der Waals surface area contributed by atoms with Crippen molar-refractivity contribution in [3.8, 4) is 11.8 Å². The van der Waals surface area contributed by atoms with Gasteiger partial charge in [-0.05, 0) is 23.8 Å². The minimum Gasteiger partial charge on any atom is -0.507 e. The Morgan fingerprint density at radius 2 is 2.11 bits per heavy atom. The number of rotatable bonds is 3. The monoisotopic (exact) mass is 247 g/mol. The summed E-state index contributed by atoms with van der Waals surface area (Å²) < 4.78 is 4.38. The zero-order valence-corrected chi connectivity index (χ0v) is 9.38. The first kappa shape index (κ1) is 13.3. The summed E-state index contributed by atoms with van der Waals surface area (Å²) in [5, 5.41) is 26.9. The van der Waals surface area contributed by atoms with Crippen LogP contribution in [-0.4, -0.2) is 29.3 Å². The lowest BCUT2D eigenvalue weighted by atomic mass is 10.1. The number of aromatic carboxylic acids is 1. The third-order valence-electron chi connectivity index (χ3n) is 2.09. The Morgan fingerprint density at radius 3 is 2.56 bits per heavy atom. The molecule has 6 heteroatoms. The average Bonchev–Trinajstić information content (AvgIpc) is 2.34. The summed E-state index contributed by atoms with van der Waals surface area (Å²) in [7, 11) is 1.14. The number of esters is 1. The van der Waals surface area contributed by atoms with Crippen LogP contribution >= 0.6 is 0 Å². The molecular weight excluding hydrogens is 238 g/mol. The van der Waals surface area contributed by atoms with E-state index in [4.69, 9.17) is 10.4 Å². The number of phenols is 1. The minimum absolute atomic E-state index is 0.250. The molecule has 6 nitrogen and oxygen atoms in total. The molecule has 0 unspecified atom stereocenters. The van der Waals surface area contributed by atoms with E-state index in [0.29, 0.717) is 5.56 Å². The van der Waals surface area contributed by atoms with E-state index in [1.807, 2.05) is 0 Å². The van der Waals surface area contributed by atoms with Crippen LogP contribution in [0.5, 0.6) is 5.75 Å². The van der Waals surface area contributed by atoms with Crippen molar-refractivity contribution in [2.24, 2.45) is 0 Å². The van der Waals surface area contributed by atoms with Gasteiger partial charge in [-0.15, -0.1) is 0 Å². The van der Waals surface area contributed by atoms with Gasteiger partial charge in [0.2, 0.25) is 0 Å². The Hall–Kier alpha value is -2.81. The van der Waals surface area contributed by atoms with Gasteiger partial charge in [0.05, 0.1) is 7.11 Å². The van der Waals surface area contributed by atoms with E-state index in [1.165, 1.54) is 18.2 Å². The van der Waals surface area contributed by atoms with E-state index in [0.717, 1.165) is 13.2 Å². The topological polar surface area (TPSA) is 108 Å². The number of hydrogen-bond donors (Lipinski definition) is 2. The van der Waals surface area contributed by atoms with Crippen molar-refractivity contribution >= 4 is 18.0 Å². The van der Waals surface area contributed by atoms with E-state index in [9.17, 15) is 14.7 Å². The lowest BCUT2D eigenvalue weighted by Gasteiger charge is -2.01. The molecule has 0 fully saturated rings. The standard InChI is InChI=1S/C12H9NO5/c1-18-12(17)8(6-13)4-7-2-3-9(11(15)16)10(14)5-7/h2-5,14H,1H3,(H,15,16). The van der Waals surface area contributed by atoms with Crippen molar-refractivity contribution in [2.45, 2.75) is 0 Å². The summed E-state index contributed by atoms with van der Waals surface area (Å²) in [5.74, 6) is -2.52. The Bertz CT molecular complexity index is 568. The molecule has 0 aliphatic heterocycles. The molecule has 0 heterocycles. The first-order valence-electron chi connectivity index (χ1n) is 4.76. The molecule has 0 saturated heterocycles. The molecule has 0 radical (unpaired) electrons. The molecule has 0 bridgehead atoms. The Balaban J connectivity index is 3.17. The van der Waals surface area contributed by atoms with Crippen LogP contribution in [0, 0.1) is 11.3 Å². The van der Waals surface area contributed by atoms with Crippen molar-refractivity contribution in [3.63, 3.8) is 0 Å². The number of carboxylic acid groups (broad SMARTS) is 1. The van der Waals surface area contributed by atoms with E-state index < -0.39 is 17.7 Å². The molecule has 1 aromatic rings. The number of nitrogens with zero attached hydrogens (tertiary/aromatic N) is 1. The number of aromatic hydroxyl groups is 1. The van der Waals surface area contributed by atoms with Gasteiger partial charge in [-0.25, -0.2) is 9.59 Å². The fraction of sp³-hybridized carbons (Fsp3) is 0.0833. The maximum Gasteiger partial charge on any atom is 0.348 e. The molecular formula is C12H9NO5. The summed E-state index contributed by atoms with van der Waals surface area (Å²) in [4.78, 5) is 21.8. The first-order valence-corrected chi connectivity index (χ1v) is 4.76. The zero-order chi connectivity index (χ0) is 13.7. The van der Waals surface area contributed by atoms with Crippen molar-refractivity contribution in [1.82, 2.24) is 0 Å². The number of carbonyl (C=O) groups excluding carboxylic acids is 1. The fourth-order valence-corrected chi connectivity index (χ4v) is 1.23. The van der Waals surface area contributed by atoms with Crippen molar-refractivity contribution in [3.05, 3.63) is 34.9 Å². The lowest BCUT2D eigenvalue weighted by molar-refractivity contribution is -0.135. The number of hydrogen-bond acceptors (Lipinski definition) is 5. The van der Waals surface area contributed by atoms with Gasteiger partial charge in [-0.2, -0.15) is 5.26 Å². The van der Waals surface area contributed by atoms with Crippen molar-refractivity contribution in [1.29, 1.82) is 5.26 Å². The van der Waals surface area contributed by atoms with Crippen LogP contribution in [0.3, 0.4) is 0 Å². The first-order chi connectivity index (χ1) is 8.49. The van der Waals surface area contributed by atoms with Gasteiger partial charge >= 0.3 is 11.9 Å². The smallest absolute Gasteiger partial charge is 0.348 e. The van der Waals surface area contributed by atoms with E-state index in [2.05, 4.69) is 4.74 Å². The molecule has 0 amide bonds. The number of benzene rings is 1. The highest BCUT2D eigenvalue weighted by Crippen LogP contribution is 2.20. The summed E-state index contributed by atoms with van der Waals surface area (Å²) >= 11 is 0. The number of nitriles is 1. The summed E-state index contributed by atoms with van der Waals surface area (Å²) in [6.45, 7) is 0. The normalized spacial score (nSPS) is 10.6. The Morgan fingerprint density at radius 1 is 1.44 bits per heavy atom. The minimum atomic E-state index is -1.27. The zero-order valence-electron chi connectivity index (χ0n) is 9.38. The maximum atomic E-state index is 11.1. The lowest BCUT2D eigenvalue weighted by Crippen LogP contribution is -2.02.